The van der Waals surface area contributed by atoms with E-state index in [1.807, 2.05) is 24.3 Å². The first-order valence-electron chi connectivity index (χ1n) is 26.5. The molecule has 0 N–H and O–H groups in total. The molecule has 7 nitrogen and oxygen atoms in total. The summed E-state index contributed by atoms with van der Waals surface area (Å²) < 4.78 is 16.4. The molecule has 0 amide bonds. The van der Waals surface area contributed by atoms with Gasteiger partial charge in [-0.15, -0.1) is 0 Å². The second-order valence-corrected chi connectivity index (χ2v) is 20.4. The Morgan fingerprint density at radius 2 is 0.759 bits per heavy atom. The van der Waals surface area contributed by atoms with Gasteiger partial charge in [0.05, 0.1) is 79.0 Å². The summed E-state index contributed by atoms with van der Waals surface area (Å²) in [4.78, 5) is 4.80. The maximum atomic E-state index is 12.7. The number of nitriles is 1. The topological polar surface area (TPSA) is 61.0 Å². The van der Waals surface area contributed by atoms with Crippen molar-refractivity contribution in [2.75, 3.05) is 0 Å². The van der Waals surface area contributed by atoms with Gasteiger partial charge in [-0.05, 0) is 76.5 Å². The van der Waals surface area contributed by atoms with Crippen LogP contribution in [0, 0.1) is 17.9 Å². The number of aromatic nitrogens is 4. The molecule has 0 aliphatic carbocycles. The van der Waals surface area contributed by atoms with Gasteiger partial charge in [0.2, 0.25) is 5.69 Å². The molecule has 0 unspecified atom stereocenters. The highest BCUT2D eigenvalue weighted by Gasteiger charge is 2.35. The molecule has 12 aromatic carbocycles. The molecular weight excluding hydrogens is 965 g/mol. The van der Waals surface area contributed by atoms with E-state index in [4.69, 9.17) is 9.26 Å². The molecule has 364 valence electrons. The number of fused-ring (bicyclic) bond motifs is 17. The van der Waals surface area contributed by atoms with Crippen LogP contribution in [-0.2, 0) is 0 Å². The second kappa shape index (κ2) is 16.2. The van der Waals surface area contributed by atoms with Crippen molar-refractivity contribution in [3.05, 3.63) is 260 Å². The van der Waals surface area contributed by atoms with Crippen LogP contribution in [0.5, 0.6) is 0 Å². The highest BCUT2D eigenvalue weighted by Crippen LogP contribution is 2.53. The van der Waals surface area contributed by atoms with Crippen LogP contribution >= 0.6 is 0 Å². The quantitative estimate of drug-likeness (QED) is 0.161. The fourth-order valence-corrected chi connectivity index (χ4v) is 13.5. The van der Waals surface area contributed by atoms with Crippen molar-refractivity contribution in [2.24, 2.45) is 0 Å². The molecule has 0 aliphatic rings. The Morgan fingerprint density at radius 3 is 1.30 bits per heavy atom. The summed E-state index contributed by atoms with van der Waals surface area (Å²) in [6.45, 7) is 9.87. The standard InChI is InChI=1S/C72H40N6O/c1-74-66-67(75-57-32-11-4-23-46(57)47-24-5-12-33-58(47)75)56(42-73)68(76-59-34-13-6-25-48(59)49-26-7-14-35-60(49)76)71(70(66)77-61-36-15-8-27-50(61)51-28-9-16-37-62(51)77)78-63-38-19-31-53(45-30-18-21-43-20-2-3-22-44(43)45)65(63)55-41-40-54-52-29-10-17-39-64(52)79-72(54)69(55)78/h2-41H. The fraction of sp³-hybridized carbons (Fsp3) is 0. The summed E-state index contributed by atoms with van der Waals surface area (Å²) in [5, 5.41) is 25.1. The van der Waals surface area contributed by atoms with Crippen molar-refractivity contribution in [2.45, 2.75) is 0 Å². The van der Waals surface area contributed by atoms with Crippen LogP contribution in [0.2, 0.25) is 0 Å². The molecule has 0 atom stereocenters. The maximum absolute atomic E-state index is 12.7. The highest BCUT2D eigenvalue weighted by atomic mass is 16.3. The van der Waals surface area contributed by atoms with E-state index in [0.717, 1.165) is 125 Å². The molecule has 0 saturated heterocycles. The van der Waals surface area contributed by atoms with E-state index in [1.54, 1.807) is 0 Å². The predicted molar refractivity (Wildman–Crippen MR) is 325 cm³/mol. The molecule has 0 fully saturated rings. The third kappa shape index (κ3) is 5.72. The molecule has 0 aliphatic heterocycles. The van der Waals surface area contributed by atoms with E-state index in [2.05, 4.69) is 243 Å². The number of rotatable bonds is 5. The van der Waals surface area contributed by atoms with Gasteiger partial charge in [0, 0.05) is 53.9 Å². The minimum absolute atomic E-state index is 0.325. The van der Waals surface area contributed by atoms with E-state index in [1.165, 1.54) is 0 Å². The molecule has 17 rings (SSSR count). The minimum atomic E-state index is 0.325. The predicted octanol–water partition coefficient (Wildman–Crippen LogP) is 19.2. The molecule has 0 bridgehead atoms. The molecule has 0 spiro atoms. The average Bonchev–Trinajstić information content (AvgIpc) is 4.52. The summed E-state index contributed by atoms with van der Waals surface area (Å²) >= 11 is 0. The average molecular weight is 1010 g/mol. The van der Waals surface area contributed by atoms with Gasteiger partial charge >= 0.3 is 0 Å². The van der Waals surface area contributed by atoms with E-state index < -0.39 is 0 Å². The van der Waals surface area contributed by atoms with Gasteiger partial charge in [0.25, 0.3) is 0 Å². The number of nitrogens with zero attached hydrogens (tertiary/aromatic N) is 6. The van der Waals surface area contributed by atoms with Gasteiger partial charge in [0.15, 0.2) is 5.58 Å². The van der Waals surface area contributed by atoms with Crippen molar-refractivity contribution in [3.8, 4) is 39.9 Å². The van der Waals surface area contributed by atoms with Gasteiger partial charge in [-0.2, -0.15) is 5.26 Å². The summed E-state index contributed by atoms with van der Waals surface area (Å²) in [5.41, 5.74) is 13.9. The Bertz CT molecular complexity index is 5290. The third-order valence-electron chi connectivity index (χ3n) is 16.6. The van der Waals surface area contributed by atoms with Crippen LogP contribution < -0.4 is 0 Å². The highest BCUT2D eigenvalue weighted by molar-refractivity contribution is 6.26. The van der Waals surface area contributed by atoms with Gasteiger partial charge in [-0.25, -0.2) is 4.85 Å². The third-order valence-corrected chi connectivity index (χ3v) is 16.6. The summed E-state index contributed by atoms with van der Waals surface area (Å²) in [7, 11) is 0. The SMILES string of the molecule is [C-]#[N+]c1c(-n2c3ccccc3c3ccccc32)c(C#N)c(-n2c3ccccc3c3ccccc32)c(-n2c3cccc(-c4cccc5ccccc45)c3c3ccc4c5ccccc5oc4c32)c1-n1c2ccccc2c2ccccc21. The first-order valence-corrected chi connectivity index (χ1v) is 26.5. The van der Waals surface area contributed by atoms with E-state index in [9.17, 15) is 11.8 Å². The maximum Gasteiger partial charge on any atom is 0.237 e. The number of hydrogen-bond acceptors (Lipinski definition) is 2. The molecule has 0 saturated carbocycles. The normalized spacial score (nSPS) is 12.0. The van der Waals surface area contributed by atoms with Gasteiger partial charge in [-0.1, -0.05) is 188 Å². The number of benzene rings is 12. The Kier molecular flexibility index (Phi) is 8.85. The zero-order chi connectivity index (χ0) is 52.0. The van der Waals surface area contributed by atoms with E-state index in [-0.39, 0.29) is 0 Å². The van der Waals surface area contributed by atoms with Crippen molar-refractivity contribution >= 4 is 126 Å². The first-order chi connectivity index (χ1) is 39.2. The zero-order valence-corrected chi connectivity index (χ0v) is 42.2. The van der Waals surface area contributed by atoms with Crippen LogP contribution in [0.4, 0.5) is 5.69 Å². The summed E-state index contributed by atoms with van der Waals surface area (Å²) in [5.74, 6) is 0. The van der Waals surface area contributed by atoms with Crippen molar-refractivity contribution in [1.82, 2.24) is 18.3 Å². The lowest BCUT2D eigenvalue weighted by atomic mass is 9.94. The Morgan fingerprint density at radius 1 is 0.342 bits per heavy atom. The van der Waals surface area contributed by atoms with Crippen LogP contribution in [0.1, 0.15) is 5.56 Å². The van der Waals surface area contributed by atoms with Gasteiger partial charge < -0.3 is 22.7 Å². The van der Waals surface area contributed by atoms with E-state index >= 15 is 0 Å². The van der Waals surface area contributed by atoms with Gasteiger partial charge in [-0.3, -0.25) is 0 Å². The monoisotopic (exact) mass is 1000 g/mol. The van der Waals surface area contributed by atoms with Crippen molar-refractivity contribution < 1.29 is 4.42 Å². The molecule has 79 heavy (non-hydrogen) atoms. The lowest BCUT2D eigenvalue weighted by Crippen LogP contribution is -2.14. The molecule has 5 heterocycles. The first kappa shape index (κ1) is 43.2. The zero-order valence-electron chi connectivity index (χ0n) is 42.2. The smallest absolute Gasteiger partial charge is 0.237 e. The Labute approximate surface area is 450 Å². The molecular formula is C72H40N6O. The molecule has 17 aromatic rings. The Hall–Kier alpha value is -11.1. The lowest BCUT2D eigenvalue weighted by molar-refractivity contribution is 0.671. The number of furan rings is 1. The van der Waals surface area contributed by atoms with Crippen LogP contribution in [-0.4, -0.2) is 18.3 Å². The lowest BCUT2D eigenvalue weighted by Gasteiger charge is -2.27. The fourth-order valence-electron chi connectivity index (χ4n) is 13.5. The second-order valence-electron chi connectivity index (χ2n) is 20.4. The van der Waals surface area contributed by atoms with Crippen LogP contribution in [0.3, 0.4) is 0 Å². The number of hydrogen-bond donors (Lipinski definition) is 0. The Balaban J connectivity index is 1.21. The van der Waals surface area contributed by atoms with Crippen LogP contribution in [0.25, 0.3) is 159 Å². The minimum Gasteiger partial charge on any atom is -0.454 e. The van der Waals surface area contributed by atoms with Crippen LogP contribution in [0.15, 0.2) is 247 Å². The van der Waals surface area contributed by atoms with Gasteiger partial charge in [0.1, 0.15) is 11.7 Å². The largest absolute Gasteiger partial charge is 0.454 e. The van der Waals surface area contributed by atoms with E-state index in [0.29, 0.717) is 39.6 Å². The van der Waals surface area contributed by atoms with Crippen molar-refractivity contribution in [1.29, 1.82) is 5.26 Å². The molecule has 7 heteroatoms. The summed E-state index contributed by atoms with van der Waals surface area (Å²) in [6, 6.07) is 88.0. The number of para-hydroxylation sites is 7. The molecule has 0 radical (unpaired) electrons. The summed E-state index contributed by atoms with van der Waals surface area (Å²) in [6.07, 6.45) is 0. The molecule has 5 aromatic heterocycles. The van der Waals surface area contributed by atoms with Crippen molar-refractivity contribution in [3.63, 3.8) is 0 Å².